The number of aliphatic hydroxyl groups is 1. The Balaban J connectivity index is 1.95. The van der Waals surface area contributed by atoms with Crippen molar-refractivity contribution in [2.24, 2.45) is 0 Å². The Labute approximate surface area is 148 Å². The summed E-state index contributed by atoms with van der Waals surface area (Å²) in [5, 5.41) is 14.6. The van der Waals surface area contributed by atoms with Crippen LogP contribution in [0.5, 0.6) is 0 Å². The lowest BCUT2D eigenvalue weighted by molar-refractivity contribution is -0.136. The van der Waals surface area contributed by atoms with Gasteiger partial charge in [-0.25, -0.2) is 0 Å². The van der Waals surface area contributed by atoms with E-state index in [-0.39, 0.29) is 12.5 Å². The van der Waals surface area contributed by atoms with Gasteiger partial charge in [0.15, 0.2) is 0 Å². The standard InChI is InChI=1S/C20H24N2O3/c1-2-15-8-6-7-11-18(15)22-20(25)19(24)21-14-17(12-13-23)16-9-4-3-5-10-16/h3-11,17,23H,2,12-14H2,1H3,(H,21,24)(H,22,25). The second-order valence-electron chi connectivity index (χ2n) is 5.79. The molecule has 0 aliphatic rings. The predicted molar refractivity (Wildman–Crippen MR) is 98.3 cm³/mol. The second-order valence-corrected chi connectivity index (χ2v) is 5.79. The molecule has 5 heteroatoms. The van der Waals surface area contributed by atoms with Crippen molar-refractivity contribution in [1.82, 2.24) is 5.32 Å². The van der Waals surface area contributed by atoms with Gasteiger partial charge in [-0.15, -0.1) is 0 Å². The fourth-order valence-electron chi connectivity index (χ4n) is 2.69. The molecule has 0 heterocycles. The summed E-state index contributed by atoms with van der Waals surface area (Å²) in [6.45, 7) is 2.31. The molecular formula is C20H24N2O3. The summed E-state index contributed by atoms with van der Waals surface area (Å²) in [4.78, 5) is 24.2. The zero-order valence-electron chi connectivity index (χ0n) is 14.4. The van der Waals surface area contributed by atoms with E-state index in [9.17, 15) is 14.7 Å². The van der Waals surface area contributed by atoms with E-state index in [0.717, 1.165) is 17.5 Å². The van der Waals surface area contributed by atoms with Gasteiger partial charge >= 0.3 is 11.8 Å². The van der Waals surface area contributed by atoms with Crippen molar-refractivity contribution in [1.29, 1.82) is 0 Å². The Morgan fingerprint density at radius 3 is 2.36 bits per heavy atom. The third-order valence-corrected chi connectivity index (χ3v) is 4.11. The first-order chi connectivity index (χ1) is 12.2. The maximum absolute atomic E-state index is 12.1. The molecule has 1 atom stereocenters. The number of hydrogen-bond donors (Lipinski definition) is 3. The number of aliphatic hydroxyl groups excluding tert-OH is 1. The van der Waals surface area contributed by atoms with Crippen molar-refractivity contribution in [2.45, 2.75) is 25.7 Å². The van der Waals surface area contributed by atoms with E-state index < -0.39 is 11.8 Å². The minimum absolute atomic E-state index is 0.0193. The summed E-state index contributed by atoms with van der Waals surface area (Å²) < 4.78 is 0. The Morgan fingerprint density at radius 2 is 1.68 bits per heavy atom. The zero-order chi connectivity index (χ0) is 18.1. The highest BCUT2D eigenvalue weighted by atomic mass is 16.3. The van der Waals surface area contributed by atoms with Crippen LogP contribution in [0.15, 0.2) is 54.6 Å². The number of amides is 2. The van der Waals surface area contributed by atoms with E-state index in [2.05, 4.69) is 10.6 Å². The molecule has 0 spiro atoms. The number of benzene rings is 2. The average molecular weight is 340 g/mol. The van der Waals surface area contributed by atoms with Crippen LogP contribution in [0.3, 0.4) is 0 Å². The molecule has 0 aromatic heterocycles. The molecule has 3 N–H and O–H groups in total. The minimum atomic E-state index is -0.684. The number of rotatable bonds is 7. The number of carbonyl (C=O) groups excluding carboxylic acids is 2. The number of hydrogen-bond acceptors (Lipinski definition) is 3. The molecule has 1 unspecified atom stereocenters. The zero-order valence-corrected chi connectivity index (χ0v) is 14.4. The minimum Gasteiger partial charge on any atom is -0.396 e. The van der Waals surface area contributed by atoms with E-state index in [1.165, 1.54) is 0 Å². The molecule has 2 amide bonds. The Bertz CT molecular complexity index is 701. The summed E-state index contributed by atoms with van der Waals surface area (Å²) in [7, 11) is 0. The van der Waals surface area contributed by atoms with Gasteiger partial charge in [-0.05, 0) is 30.0 Å². The van der Waals surface area contributed by atoms with Crippen LogP contribution >= 0.6 is 0 Å². The monoisotopic (exact) mass is 340 g/mol. The molecule has 0 radical (unpaired) electrons. The predicted octanol–water partition coefficient (Wildman–Crippen LogP) is 2.47. The maximum atomic E-state index is 12.1. The lowest BCUT2D eigenvalue weighted by Gasteiger charge is -2.17. The highest BCUT2D eigenvalue weighted by Crippen LogP contribution is 2.18. The van der Waals surface area contributed by atoms with Crippen molar-refractivity contribution in [3.63, 3.8) is 0 Å². The lowest BCUT2D eigenvalue weighted by Crippen LogP contribution is -2.38. The van der Waals surface area contributed by atoms with Crippen LogP contribution in [0.2, 0.25) is 0 Å². The molecule has 132 valence electrons. The van der Waals surface area contributed by atoms with E-state index in [1.54, 1.807) is 6.07 Å². The second kappa shape index (κ2) is 9.59. The van der Waals surface area contributed by atoms with Gasteiger partial charge < -0.3 is 15.7 Å². The van der Waals surface area contributed by atoms with Gasteiger partial charge in [0.05, 0.1) is 0 Å². The summed E-state index contributed by atoms with van der Waals surface area (Å²) in [6, 6.07) is 17.0. The van der Waals surface area contributed by atoms with E-state index >= 15 is 0 Å². The molecule has 0 bridgehead atoms. The number of nitrogens with one attached hydrogen (secondary N) is 2. The van der Waals surface area contributed by atoms with Crippen LogP contribution in [0.25, 0.3) is 0 Å². The van der Waals surface area contributed by atoms with Crippen molar-refractivity contribution >= 4 is 17.5 Å². The fraction of sp³-hybridized carbons (Fsp3) is 0.300. The molecule has 0 aliphatic heterocycles. The molecule has 0 saturated heterocycles. The Morgan fingerprint density at radius 1 is 1.00 bits per heavy atom. The quantitative estimate of drug-likeness (QED) is 0.678. The largest absolute Gasteiger partial charge is 0.396 e. The molecule has 2 aromatic rings. The van der Waals surface area contributed by atoms with Crippen LogP contribution in [-0.4, -0.2) is 30.1 Å². The third kappa shape index (κ3) is 5.43. The van der Waals surface area contributed by atoms with Gasteiger partial charge in [-0.3, -0.25) is 9.59 Å². The summed E-state index contributed by atoms with van der Waals surface area (Å²) >= 11 is 0. The normalized spacial score (nSPS) is 11.6. The van der Waals surface area contributed by atoms with Gasteiger partial charge in [-0.1, -0.05) is 55.5 Å². The fourth-order valence-corrected chi connectivity index (χ4v) is 2.69. The van der Waals surface area contributed by atoms with Gasteiger partial charge in [0.25, 0.3) is 0 Å². The van der Waals surface area contributed by atoms with Gasteiger partial charge in [0.2, 0.25) is 0 Å². The third-order valence-electron chi connectivity index (χ3n) is 4.11. The topological polar surface area (TPSA) is 78.4 Å². The molecule has 0 fully saturated rings. The highest BCUT2D eigenvalue weighted by molar-refractivity contribution is 6.39. The molecule has 0 saturated carbocycles. The highest BCUT2D eigenvalue weighted by Gasteiger charge is 2.18. The first-order valence-electron chi connectivity index (χ1n) is 8.48. The number of anilines is 1. The van der Waals surface area contributed by atoms with Crippen LogP contribution in [0.4, 0.5) is 5.69 Å². The molecule has 25 heavy (non-hydrogen) atoms. The average Bonchev–Trinajstić information content (AvgIpc) is 2.66. The van der Waals surface area contributed by atoms with Crippen molar-refractivity contribution in [3.05, 3.63) is 65.7 Å². The molecular weight excluding hydrogens is 316 g/mol. The summed E-state index contributed by atoms with van der Waals surface area (Å²) in [5.74, 6) is -1.40. The van der Waals surface area contributed by atoms with Gasteiger partial charge in [-0.2, -0.15) is 0 Å². The van der Waals surface area contributed by atoms with E-state index in [4.69, 9.17) is 0 Å². The van der Waals surface area contributed by atoms with Crippen molar-refractivity contribution in [2.75, 3.05) is 18.5 Å². The maximum Gasteiger partial charge on any atom is 0.313 e. The van der Waals surface area contributed by atoms with Crippen molar-refractivity contribution < 1.29 is 14.7 Å². The number of aryl methyl sites for hydroxylation is 1. The van der Waals surface area contributed by atoms with E-state index in [0.29, 0.717) is 18.7 Å². The SMILES string of the molecule is CCc1ccccc1NC(=O)C(=O)NCC(CCO)c1ccccc1. The number of para-hydroxylation sites is 1. The van der Waals surface area contributed by atoms with Crippen LogP contribution < -0.4 is 10.6 Å². The van der Waals surface area contributed by atoms with Crippen molar-refractivity contribution in [3.8, 4) is 0 Å². The molecule has 5 nitrogen and oxygen atoms in total. The Kier molecular flexibility index (Phi) is 7.16. The molecule has 2 rings (SSSR count). The van der Waals surface area contributed by atoms with Crippen LogP contribution in [-0.2, 0) is 16.0 Å². The summed E-state index contributed by atoms with van der Waals surface area (Å²) in [6.07, 6.45) is 1.29. The molecule has 2 aromatic carbocycles. The van der Waals surface area contributed by atoms with Crippen LogP contribution in [0, 0.1) is 0 Å². The molecule has 0 aliphatic carbocycles. The van der Waals surface area contributed by atoms with Gasteiger partial charge in [0.1, 0.15) is 0 Å². The lowest BCUT2D eigenvalue weighted by atomic mass is 9.96. The first kappa shape index (κ1) is 18.7. The van der Waals surface area contributed by atoms with Crippen LogP contribution in [0.1, 0.15) is 30.4 Å². The number of carbonyl (C=O) groups is 2. The first-order valence-corrected chi connectivity index (χ1v) is 8.48. The Hall–Kier alpha value is -2.66. The smallest absolute Gasteiger partial charge is 0.313 e. The van der Waals surface area contributed by atoms with E-state index in [1.807, 2.05) is 55.5 Å². The van der Waals surface area contributed by atoms with Gasteiger partial charge in [0, 0.05) is 24.8 Å². The summed E-state index contributed by atoms with van der Waals surface area (Å²) in [5.41, 5.74) is 2.65.